The van der Waals surface area contributed by atoms with Gasteiger partial charge in [-0.1, -0.05) is 17.7 Å². The third-order valence-electron chi connectivity index (χ3n) is 3.39. The molecule has 2 aromatic rings. The van der Waals surface area contributed by atoms with E-state index in [9.17, 15) is 13.5 Å². The number of hydrogen-bond donors (Lipinski definition) is 1. The molecule has 0 amide bonds. The van der Waals surface area contributed by atoms with E-state index < -0.39 is 16.1 Å². The molecule has 8 heteroatoms. The highest BCUT2D eigenvalue weighted by Gasteiger charge is 2.34. The number of aliphatic hydroxyl groups is 1. The second kappa shape index (κ2) is 5.00. The first-order valence-electron chi connectivity index (χ1n) is 6.31. The van der Waals surface area contributed by atoms with Crippen LogP contribution in [0.3, 0.4) is 0 Å². The number of aromatic nitrogens is 2. The van der Waals surface area contributed by atoms with Crippen molar-refractivity contribution in [3.05, 3.63) is 29.5 Å². The molecule has 1 saturated heterocycles. The third-order valence-corrected chi connectivity index (χ3v) is 5.66. The molecule has 0 aliphatic carbocycles. The Bertz CT molecular complexity index is 743. The first-order valence-corrected chi connectivity index (χ1v) is 8.13. The number of β-amino-alcohol motifs (C(OH)–C–C–N with tert-alkyl or cyclic N) is 1. The Kier molecular flexibility index (Phi) is 3.45. The molecular formula is C12H14ClN3O3S. The predicted molar refractivity (Wildman–Crippen MR) is 74.2 cm³/mol. The fraction of sp³-hybridized carbons (Fsp3) is 0.417. The van der Waals surface area contributed by atoms with Crippen LogP contribution in [0.2, 0.25) is 5.15 Å². The molecular weight excluding hydrogens is 302 g/mol. The van der Waals surface area contributed by atoms with Crippen molar-refractivity contribution in [2.45, 2.75) is 24.0 Å². The highest BCUT2D eigenvalue weighted by Crippen LogP contribution is 2.27. The second-order valence-corrected chi connectivity index (χ2v) is 7.01. The van der Waals surface area contributed by atoms with Gasteiger partial charge in [0.1, 0.15) is 5.65 Å². The summed E-state index contributed by atoms with van der Waals surface area (Å²) >= 11 is 6.01. The van der Waals surface area contributed by atoms with Gasteiger partial charge in [0.2, 0.25) is 0 Å². The molecule has 0 bridgehead atoms. The largest absolute Gasteiger partial charge is 0.392 e. The molecule has 2 aromatic heterocycles. The summed E-state index contributed by atoms with van der Waals surface area (Å²) in [5.74, 6) is 0. The van der Waals surface area contributed by atoms with E-state index in [1.165, 1.54) is 8.71 Å². The van der Waals surface area contributed by atoms with Crippen LogP contribution in [0.15, 0.2) is 29.4 Å². The molecule has 3 rings (SSSR count). The molecule has 3 heterocycles. The second-order valence-electron chi connectivity index (χ2n) is 4.80. The van der Waals surface area contributed by atoms with Crippen molar-refractivity contribution in [3.63, 3.8) is 0 Å². The summed E-state index contributed by atoms with van der Waals surface area (Å²) in [5.41, 5.74) is 0.480. The number of pyridine rings is 1. The minimum absolute atomic E-state index is 0.0381. The fourth-order valence-corrected chi connectivity index (χ4v) is 4.55. The van der Waals surface area contributed by atoms with E-state index >= 15 is 0 Å². The van der Waals surface area contributed by atoms with Crippen LogP contribution in [0.4, 0.5) is 0 Å². The van der Waals surface area contributed by atoms with E-state index in [4.69, 9.17) is 11.6 Å². The maximum Gasteiger partial charge on any atom is 0.262 e. The number of rotatable bonds is 2. The first kappa shape index (κ1) is 13.8. The van der Waals surface area contributed by atoms with Gasteiger partial charge in [-0.15, -0.1) is 0 Å². The number of piperidine rings is 1. The average Bonchev–Trinajstić information content (AvgIpc) is 2.75. The molecule has 6 nitrogen and oxygen atoms in total. The Labute approximate surface area is 121 Å². The van der Waals surface area contributed by atoms with Crippen LogP contribution in [0, 0.1) is 0 Å². The summed E-state index contributed by atoms with van der Waals surface area (Å²) < 4.78 is 28.1. The molecule has 1 fully saturated rings. The molecule has 20 heavy (non-hydrogen) atoms. The number of fused-ring (bicyclic) bond motifs is 1. The Balaban J connectivity index is 2.11. The van der Waals surface area contributed by atoms with Crippen LogP contribution in [0.25, 0.3) is 5.65 Å². The third kappa shape index (κ3) is 2.20. The van der Waals surface area contributed by atoms with Crippen molar-refractivity contribution < 1.29 is 13.5 Å². The number of nitrogens with zero attached hydrogens (tertiary/aromatic N) is 3. The summed E-state index contributed by atoms with van der Waals surface area (Å²) in [6.45, 7) is 0.481. The maximum absolute atomic E-state index is 12.7. The minimum atomic E-state index is -3.77. The van der Waals surface area contributed by atoms with Gasteiger partial charge in [-0.25, -0.2) is 13.4 Å². The monoisotopic (exact) mass is 315 g/mol. The van der Waals surface area contributed by atoms with Crippen molar-refractivity contribution in [2.24, 2.45) is 0 Å². The lowest BCUT2D eigenvalue weighted by molar-refractivity contribution is 0.108. The Hall–Kier alpha value is -1.15. The van der Waals surface area contributed by atoms with E-state index in [0.29, 0.717) is 25.0 Å². The van der Waals surface area contributed by atoms with Crippen LogP contribution < -0.4 is 0 Å². The number of sulfonamides is 1. The van der Waals surface area contributed by atoms with E-state index in [1.807, 2.05) is 0 Å². The van der Waals surface area contributed by atoms with Crippen molar-refractivity contribution >= 4 is 27.3 Å². The normalized spacial score (nSPS) is 21.4. The number of imidazole rings is 1. The van der Waals surface area contributed by atoms with Crippen molar-refractivity contribution in [2.75, 3.05) is 13.1 Å². The lowest BCUT2D eigenvalue weighted by Gasteiger charge is -2.28. The van der Waals surface area contributed by atoms with Crippen LogP contribution >= 0.6 is 11.6 Å². The summed E-state index contributed by atoms with van der Waals surface area (Å²) in [4.78, 5) is 4.05. The van der Waals surface area contributed by atoms with Crippen molar-refractivity contribution in [1.82, 2.24) is 13.7 Å². The molecule has 108 valence electrons. The van der Waals surface area contributed by atoms with Gasteiger partial charge >= 0.3 is 0 Å². The van der Waals surface area contributed by atoms with Gasteiger partial charge in [0.05, 0.1) is 6.10 Å². The average molecular weight is 316 g/mol. The highest BCUT2D eigenvalue weighted by molar-refractivity contribution is 7.89. The first-order chi connectivity index (χ1) is 9.50. The van der Waals surface area contributed by atoms with Crippen LogP contribution in [0.1, 0.15) is 12.8 Å². The Morgan fingerprint density at radius 3 is 2.95 bits per heavy atom. The molecule has 1 unspecified atom stereocenters. The van der Waals surface area contributed by atoms with E-state index in [2.05, 4.69) is 4.98 Å². The molecule has 0 aromatic carbocycles. The Morgan fingerprint density at radius 1 is 1.40 bits per heavy atom. The zero-order valence-electron chi connectivity index (χ0n) is 10.6. The van der Waals surface area contributed by atoms with Gasteiger partial charge in [-0.05, 0) is 25.0 Å². The van der Waals surface area contributed by atoms with Crippen LogP contribution in [0.5, 0.6) is 0 Å². The maximum atomic E-state index is 12.7. The summed E-state index contributed by atoms with van der Waals surface area (Å²) in [7, 11) is -3.77. The molecule has 1 aliphatic heterocycles. The lowest BCUT2D eigenvalue weighted by atomic mass is 10.1. The molecule has 1 N–H and O–H groups in total. The van der Waals surface area contributed by atoms with Crippen molar-refractivity contribution in [3.8, 4) is 0 Å². The van der Waals surface area contributed by atoms with Gasteiger partial charge in [0, 0.05) is 19.3 Å². The SMILES string of the molecule is O=S(=O)(c1c(Cl)nc2ccccn12)N1CCCC(O)C1. The van der Waals surface area contributed by atoms with Gasteiger partial charge < -0.3 is 5.11 Å². The summed E-state index contributed by atoms with van der Waals surface area (Å²) in [5, 5.41) is 9.58. The van der Waals surface area contributed by atoms with Gasteiger partial charge in [-0.3, -0.25) is 4.40 Å². The predicted octanol–water partition coefficient (Wildman–Crippen LogP) is 1.13. The zero-order chi connectivity index (χ0) is 14.3. The topological polar surface area (TPSA) is 74.9 Å². The smallest absolute Gasteiger partial charge is 0.262 e. The zero-order valence-corrected chi connectivity index (χ0v) is 12.2. The summed E-state index contributed by atoms with van der Waals surface area (Å²) in [6, 6.07) is 5.17. The number of halogens is 1. The number of hydrogen-bond acceptors (Lipinski definition) is 4. The molecule has 0 radical (unpaired) electrons. The van der Waals surface area contributed by atoms with E-state index in [1.54, 1.807) is 24.4 Å². The van der Waals surface area contributed by atoms with Crippen LogP contribution in [-0.4, -0.2) is 46.4 Å². The fourth-order valence-electron chi connectivity index (χ4n) is 2.44. The molecule has 0 saturated carbocycles. The minimum Gasteiger partial charge on any atom is -0.392 e. The Morgan fingerprint density at radius 2 is 2.20 bits per heavy atom. The van der Waals surface area contributed by atoms with Gasteiger partial charge in [0.15, 0.2) is 10.2 Å². The lowest BCUT2D eigenvalue weighted by Crippen LogP contribution is -2.42. The molecule has 1 atom stereocenters. The summed E-state index contributed by atoms with van der Waals surface area (Å²) in [6.07, 6.45) is 2.24. The van der Waals surface area contributed by atoms with E-state index in [-0.39, 0.29) is 16.7 Å². The van der Waals surface area contributed by atoms with E-state index in [0.717, 1.165) is 0 Å². The quantitative estimate of drug-likeness (QED) is 0.901. The molecule has 0 spiro atoms. The standard InChI is InChI=1S/C12H14ClN3O3S/c13-11-12(16-7-2-1-5-10(16)14-11)20(18,19)15-6-3-4-9(17)8-15/h1-2,5,7,9,17H,3-4,6,8H2. The molecule has 1 aliphatic rings. The van der Waals surface area contributed by atoms with Gasteiger partial charge in [0.25, 0.3) is 10.0 Å². The van der Waals surface area contributed by atoms with Crippen LogP contribution in [-0.2, 0) is 10.0 Å². The van der Waals surface area contributed by atoms with Gasteiger partial charge in [-0.2, -0.15) is 4.31 Å². The highest BCUT2D eigenvalue weighted by atomic mass is 35.5. The number of aliphatic hydroxyl groups excluding tert-OH is 1. The van der Waals surface area contributed by atoms with Crippen molar-refractivity contribution in [1.29, 1.82) is 0 Å².